The average Bonchev–Trinajstić information content (AvgIpc) is 3.29. The van der Waals surface area contributed by atoms with Crippen LogP contribution in [0.1, 0.15) is 31.9 Å². The summed E-state index contributed by atoms with van der Waals surface area (Å²) in [6.45, 7) is 6.49. The quantitative estimate of drug-likeness (QED) is 0.251. The molecule has 3 heterocycles. The number of rotatable bonds is 7. The van der Waals surface area contributed by atoms with Crippen molar-refractivity contribution < 1.29 is 9.53 Å². The number of nitrogens with zero attached hydrogens (tertiary/aromatic N) is 4. The zero-order chi connectivity index (χ0) is 27.4. The summed E-state index contributed by atoms with van der Waals surface area (Å²) in [4.78, 5) is 26.1. The standard InChI is InChI=1S/C30H31N7O2/c1-30(2,3)39-29(38)34-19-21-11-13-22(14-12-21)37-27(23-10-7-17-32-26(23)31)35-24-15-16-25(36-28(24)37)33-18-20-8-5-4-6-9-20/h4-17H,18-19H2,1-3H3,(H2,31,32)(H,33,36)(H,34,38). The van der Waals surface area contributed by atoms with Crippen LogP contribution in [0.25, 0.3) is 28.2 Å². The molecule has 39 heavy (non-hydrogen) atoms. The number of pyridine rings is 2. The van der Waals surface area contributed by atoms with Gasteiger partial charge in [-0.25, -0.2) is 19.7 Å². The summed E-state index contributed by atoms with van der Waals surface area (Å²) < 4.78 is 7.30. The Hall–Kier alpha value is -4.92. The Balaban J connectivity index is 1.48. The van der Waals surface area contributed by atoms with Crippen molar-refractivity contribution >= 4 is 28.9 Å². The number of hydrogen-bond donors (Lipinski definition) is 3. The zero-order valence-corrected chi connectivity index (χ0v) is 22.2. The zero-order valence-electron chi connectivity index (χ0n) is 22.2. The second-order valence-corrected chi connectivity index (χ2v) is 10.1. The first-order valence-corrected chi connectivity index (χ1v) is 12.7. The molecule has 0 unspecified atom stereocenters. The molecule has 0 fully saturated rings. The molecule has 3 aromatic heterocycles. The molecular weight excluding hydrogens is 490 g/mol. The van der Waals surface area contributed by atoms with Crippen molar-refractivity contribution in [1.29, 1.82) is 0 Å². The topological polar surface area (TPSA) is 120 Å². The fourth-order valence-electron chi connectivity index (χ4n) is 4.13. The van der Waals surface area contributed by atoms with Crippen LogP contribution in [-0.2, 0) is 17.8 Å². The van der Waals surface area contributed by atoms with E-state index in [0.717, 1.165) is 28.1 Å². The van der Waals surface area contributed by atoms with Gasteiger partial charge in [-0.3, -0.25) is 4.57 Å². The first-order chi connectivity index (χ1) is 18.8. The SMILES string of the molecule is CC(C)(C)OC(=O)NCc1ccc(-n2c(-c3cccnc3N)nc3ccc(NCc4ccccc4)nc32)cc1. The number of nitrogens with two attached hydrogens (primary N) is 1. The predicted octanol–water partition coefficient (Wildman–Crippen LogP) is 5.70. The minimum atomic E-state index is -0.553. The molecule has 0 radical (unpaired) electrons. The number of carbonyl (C=O) groups is 1. The molecule has 0 aliphatic heterocycles. The number of benzene rings is 2. The van der Waals surface area contributed by atoms with Crippen LogP contribution in [0, 0.1) is 0 Å². The normalized spacial score (nSPS) is 11.4. The first kappa shape index (κ1) is 25.7. The lowest BCUT2D eigenvalue weighted by molar-refractivity contribution is 0.0523. The highest BCUT2D eigenvalue weighted by molar-refractivity contribution is 5.83. The van der Waals surface area contributed by atoms with E-state index in [1.54, 1.807) is 6.20 Å². The molecule has 198 valence electrons. The van der Waals surface area contributed by atoms with E-state index in [4.69, 9.17) is 20.4 Å². The Labute approximate surface area is 227 Å². The van der Waals surface area contributed by atoms with Crippen molar-refractivity contribution in [2.24, 2.45) is 0 Å². The van der Waals surface area contributed by atoms with E-state index in [-0.39, 0.29) is 0 Å². The molecule has 4 N–H and O–H groups in total. The summed E-state index contributed by atoms with van der Waals surface area (Å²) in [5.74, 6) is 1.76. The Morgan fingerprint density at radius 2 is 1.64 bits per heavy atom. The van der Waals surface area contributed by atoms with E-state index in [9.17, 15) is 4.79 Å². The number of nitrogens with one attached hydrogen (secondary N) is 2. The van der Waals surface area contributed by atoms with E-state index in [1.165, 1.54) is 0 Å². The maximum Gasteiger partial charge on any atom is 0.407 e. The molecule has 5 rings (SSSR count). The summed E-state index contributed by atoms with van der Waals surface area (Å²) in [7, 11) is 0. The van der Waals surface area contributed by atoms with Crippen LogP contribution in [0.15, 0.2) is 85.1 Å². The number of imidazole rings is 1. The molecule has 0 bridgehead atoms. The molecule has 0 saturated heterocycles. The number of alkyl carbamates (subject to hydrolysis) is 1. The number of nitrogen functional groups attached to an aromatic ring is 1. The third-order valence-electron chi connectivity index (χ3n) is 5.93. The largest absolute Gasteiger partial charge is 0.444 e. The van der Waals surface area contributed by atoms with Crippen LogP contribution in [-0.4, -0.2) is 31.2 Å². The Morgan fingerprint density at radius 1 is 0.897 bits per heavy atom. The van der Waals surface area contributed by atoms with Gasteiger partial charge in [0.25, 0.3) is 0 Å². The summed E-state index contributed by atoms with van der Waals surface area (Å²) in [5, 5.41) is 6.20. The lowest BCUT2D eigenvalue weighted by Crippen LogP contribution is -2.32. The summed E-state index contributed by atoms with van der Waals surface area (Å²) in [6.07, 6.45) is 1.20. The van der Waals surface area contributed by atoms with Gasteiger partial charge in [0.2, 0.25) is 0 Å². The Bertz CT molecular complexity index is 1590. The van der Waals surface area contributed by atoms with Gasteiger partial charge in [-0.1, -0.05) is 42.5 Å². The lowest BCUT2D eigenvalue weighted by Gasteiger charge is -2.19. The minimum absolute atomic E-state index is 0.341. The van der Waals surface area contributed by atoms with Crippen LogP contribution in [0.3, 0.4) is 0 Å². The molecule has 0 aliphatic carbocycles. The van der Waals surface area contributed by atoms with E-state index < -0.39 is 11.7 Å². The van der Waals surface area contributed by atoms with Gasteiger partial charge in [-0.2, -0.15) is 0 Å². The van der Waals surface area contributed by atoms with Crippen molar-refractivity contribution in [3.05, 3.63) is 96.2 Å². The van der Waals surface area contributed by atoms with Gasteiger partial charge in [-0.15, -0.1) is 0 Å². The maximum atomic E-state index is 12.1. The molecule has 0 aliphatic rings. The molecule has 9 nitrogen and oxygen atoms in total. The van der Waals surface area contributed by atoms with Crippen LogP contribution in [0.2, 0.25) is 0 Å². The third-order valence-corrected chi connectivity index (χ3v) is 5.93. The van der Waals surface area contributed by atoms with Crippen molar-refractivity contribution in [1.82, 2.24) is 24.8 Å². The Morgan fingerprint density at radius 3 is 2.36 bits per heavy atom. The average molecular weight is 522 g/mol. The van der Waals surface area contributed by atoms with Gasteiger partial charge >= 0.3 is 6.09 Å². The fraction of sp³-hybridized carbons (Fsp3) is 0.200. The first-order valence-electron chi connectivity index (χ1n) is 12.7. The second-order valence-electron chi connectivity index (χ2n) is 10.1. The maximum absolute atomic E-state index is 12.1. The molecule has 9 heteroatoms. The van der Waals surface area contributed by atoms with Crippen molar-refractivity contribution in [3.8, 4) is 17.1 Å². The highest BCUT2D eigenvalue weighted by atomic mass is 16.6. The monoisotopic (exact) mass is 521 g/mol. The molecule has 1 amide bonds. The number of hydrogen-bond acceptors (Lipinski definition) is 7. The van der Waals surface area contributed by atoms with Crippen molar-refractivity contribution in [3.63, 3.8) is 0 Å². The molecule has 5 aromatic rings. The highest BCUT2D eigenvalue weighted by Gasteiger charge is 2.19. The number of fused-ring (bicyclic) bond motifs is 1. The van der Waals surface area contributed by atoms with Crippen LogP contribution in [0.4, 0.5) is 16.4 Å². The van der Waals surface area contributed by atoms with Gasteiger partial charge in [0.1, 0.15) is 22.8 Å². The molecule has 0 atom stereocenters. The van der Waals surface area contributed by atoms with E-state index in [2.05, 4.69) is 27.8 Å². The van der Waals surface area contributed by atoms with Crippen molar-refractivity contribution in [2.75, 3.05) is 11.1 Å². The Kier molecular flexibility index (Phi) is 7.14. The van der Waals surface area contributed by atoms with Crippen LogP contribution >= 0.6 is 0 Å². The van der Waals surface area contributed by atoms with Crippen LogP contribution in [0.5, 0.6) is 0 Å². The molecule has 2 aromatic carbocycles. The third kappa shape index (κ3) is 6.15. The van der Waals surface area contributed by atoms with E-state index >= 15 is 0 Å². The second kappa shape index (κ2) is 10.8. The smallest absolute Gasteiger partial charge is 0.407 e. The number of amides is 1. The fourth-order valence-corrected chi connectivity index (χ4v) is 4.13. The van der Waals surface area contributed by atoms with Crippen LogP contribution < -0.4 is 16.4 Å². The van der Waals surface area contributed by atoms with Gasteiger partial charge < -0.3 is 21.1 Å². The van der Waals surface area contributed by atoms with E-state index in [0.29, 0.717) is 35.9 Å². The highest BCUT2D eigenvalue weighted by Crippen LogP contribution is 2.31. The molecule has 0 spiro atoms. The lowest BCUT2D eigenvalue weighted by atomic mass is 10.2. The van der Waals surface area contributed by atoms with Crippen molar-refractivity contribution in [2.45, 2.75) is 39.5 Å². The summed E-state index contributed by atoms with van der Waals surface area (Å²) >= 11 is 0. The predicted molar refractivity (Wildman–Crippen MR) is 153 cm³/mol. The number of aromatic nitrogens is 4. The van der Waals surface area contributed by atoms with Gasteiger partial charge in [0.15, 0.2) is 11.5 Å². The molecule has 0 saturated carbocycles. The number of carbonyl (C=O) groups excluding carboxylic acids is 1. The summed E-state index contributed by atoms with van der Waals surface area (Å²) in [5.41, 5.74) is 10.8. The number of anilines is 2. The minimum Gasteiger partial charge on any atom is -0.444 e. The number of ether oxygens (including phenoxy) is 1. The van der Waals surface area contributed by atoms with Gasteiger partial charge in [0.05, 0.1) is 5.56 Å². The summed E-state index contributed by atoms with van der Waals surface area (Å²) in [6, 6.07) is 25.6. The van der Waals surface area contributed by atoms with Gasteiger partial charge in [0, 0.05) is 25.0 Å². The molecular formula is C30H31N7O2. The van der Waals surface area contributed by atoms with Gasteiger partial charge in [-0.05, 0) is 68.3 Å². The van der Waals surface area contributed by atoms with E-state index in [1.807, 2.05) is 92.1 Å².